The van der Waals surface area contributed by atoms with Crippen LogP contribution in [-0.2, 0) is 0 Å². The van der Waals surface area contributed by atoms with E-state index in [1.165, 1.54) is 12.1 Å². The molecule has 1 heterocycles. The number of benzene rings is 1. The SMILES string of the molecule is CN1CCC(Nc2cc(F)c(Cl)cc2N)CC1. The lowest BCUT2D eigenvalue weighted by Crippen LogP contribution is -2.36. The fraction of sp³-hybridized carbons (Fsp3) is 0.500. The summed E-state index contributed by atoms with van der Waals surface area (Å²) in [6.45, 7) is 2.10. The van der Waals surface area contributed by atoms with E-state index in [2.05, 4.69) is 17.3 Å². The maximum atomic E-state index is 13.3. The molecule has 0 bridgehead atoms. The smallest absolute Gasteiger partial charge is 0.143 e. The second-order valence-corrected chi connectivity index (χ2v) is 4.98. The summed E-state index contributed by atoms with van der Waals surface area (Å²) in [6, 6.07) is 3.18. The fourth-order valence-corrected chi connectivity index (χ4v) is 2.23. The van der Waals surface area contributed by atoms with Crippen LogP contribution >= 0.6 is 11.6 Å². The minimum absolute atomic E-state index is 0.0661. The average molecular weight is 258 g/mol. The molecule has 1 saturated heterocycles. The third-order valence-corrected chi connectivity index (χ3v) is 3.46. The molecule has 0 aliphatic carbocycles. The van der Waals surface area contributed by atoms with E-state index < -0.39 is 5.82 Å². The van der Waals surface area contributed by atoms with E-state index in [1.807, 2.05) is 0 Å². The zero-order valence-corrected chi connectivity index (χ0v) is 10.6. The van der Waals surface area contributed by atoms with Gasteiger partial charge in [0, 0.05) is 12.1 Å². The highest BCUT2D eigenvalue weighted by Gasteiger charge is 2.17. The lowest BCUT2D eigenvalue weighted by molar-refractivity contribution is 0.264. The van der Waals surface area contributed by atoms with Crippen LogP contribution in [0, 0.1) is 5.82 Å². The quantitative estimate of drug-likeness (QED) is 0.800. The molecular formula is C12H17ClFN3. The number of nitrogens with zero attached hydrogens (tertiary/aromatic N) is 1. The molecule has 1 aromatic carbocycles. The molecule has 17 heavy (non-hydrogen) atoms. The van der Waals surface area contributed by atoms with Crippen LogP contribution < -0.4 is 11.1 Å². The predicted molar refractivity (Wildman–Crippen MR) is 70.0 cm³/mol. The number of nitrogen functional groups attached to an aromatic ring is 1. The Morgan fingerprint density at radius 3 is 2.71 bits per heavy atom. The maximum Gasteiger partial charge on any atom is 0.143 e. The largest absolute Gasteiger partial charge is 0.397 e. The molecule has 1 aliphatic rings. The molecule has 0 saturated carbocycles. The number of anilines is 2. The molecule has 3 N–H and O–H groups in total. The number of nitrogens with two attached hydrogens (primary N) is 1. The van der Waals surface area contributed by atoms with Crippen LogP contribution in [0.2, 0.25) is 5.02 Å². The Bertz CT molecular complexity index is 403. The van der Waals surface area contributed by atoms with Crippen molar-refractivity contribution in [1.29, 1.82) is 0 Å². The minimum atomic E-state index is -0.434. The van der Waals surface area contributed by atoms with Gasteiger partial charge in [-0.25, -0.2) is 4.39 Å². The van der Waals surface area contributed by atoms with E-state index in [0.717, 1.165) is 25.9 Å². The average Bonchev–Trinajstić information content (AvgIpc) is 2.29. The van der Waals surface area contributed by atoms with Crippen molar-refractivity contribution in [2.75, 3.05) is 31.2 Å². The molecule has 94 valence electrons. The van der Waals surface area contributed by atoms with Gasteiger partial charge in [0.2, 0.25) is 0 Å². The summed E-state index contributed by atoms with van der Waals surface area (Å²) in [5.74, 6) is -0.434. The van der Waals surface area contributed by atoms with Crippen molar-refractivity contribution in [1.82, 2.24) is 4.90 Å². The number of likely N-dealkylation sites (tertiary alicyclic amines) is 1. The van der Waals surface area contributed by atoms with E-state index >= 15 is 0 Å². The molecular weight excluding hydrogens is 241 g/mol. The van der Waals surface area contributed by atoms with Gasteiger partial charge in [0.15, 0.2) is 0 Å². The first-order valence-electron chi connectivity index (χ1n) is 5.76. The van der Waals surface area contributed by atoms with Gasteiger partial charge in [-0.05, 0) is 39.0 Å². The lowest BCUT2D eigenvalue weighted by atomic mass is 10.0. The third kappa shape index (κ3) is 3.01. The van der Waals surface area contributed by atoms with Crippen molar-refractivity contribution < 1.29 is 4.39 Å². The topological polar surface area (TPSA) is 41.3 Å². The maximum absolute atomic E-state index is 13.3. The normalized spacial score (nSPS) is 18.3. The van der Waals surface area contributed by atoms with Crippen molar-refractivity contribution in [3.8, 4) is 0 Å². The highest BCUT2D eigenvalue weighted by molar-refractivity contribution is 6.31. The zero-order valence-electron chi connectivity index (χ0n) is 9.84. The van der Waals surface area contributed by atoms with Crippen molar-refractivity contribution in [3.05, 3.63) is 23.0 Å². The Kier molecular flexibility index (Phi) is 3.74. The molecule has 1 aromatic rings. The monoisotopic (exact) mass is 257 g/mol. The van der Waals surface area contributed by atoms with Crippen LogP contribution in [-0.4, -0.2) is 31.1 Å². The summed E-state index contributed by atoms with van der Waals surface area (Å²) in [5, 5.41) is 3.35. The Morgan fingerprint density at radius 2 is 2.06 bits per heavy atom. The molecule has 3 nitrogen and oxygen atoms in total. The van der Waals surface area contributed by atoms with Crippen LogP contribution in [0.5, 0.6) is 0 Å². The van der Waals surface area contributed by atoms with Crippen molar-refractivity contribution in [3.63, 3.8) is 0 Å². The Hall–Kier alpha value is -1.00. The molecule has 0 unspecified atom stereocenters. The van der Waals surface area contributed by atoms with Crippen LogP contribution in [0.3, 0.4) is 0 Å². The number of nitrogens with one attached hydrogen (secondary N) is 1. The highest BCUT2D eigenvalue weighted by Crippen LogP contribution is 2.27. The van der Waals surface area contributed by atoms with Crippen molar-refractivity contribution in [2.24, 2.45) is 0 Å². The lowest BCUT2D eigenvalue weighted by Gasteiger charge is -2.30. The molecule has 1 aliphatic heterocycles. The van der Waals surface area contributed by atoms with Gasteiger partial charge in [-0.2, -0.15) is 0 Å². The molecule has 0 atom stereocenters. The van der Waals surface area contributed by atoms with E-state index in [4.69, 9.17) is 17.3 Å². The second-order valence-electron chi connectivity index (χ2n) is 4.58. The van der Waals surface area contributed by atoms with E-state index in [9.17, 15) is 4.39 Å². The van der Waals surface area contributed by atoms with E-state index in [-0.39, 0.29) is 5.02 Å². The minimum Gasteiger partial charge on any atom is -0.397 e. The summed E-state index contributed by atoms with van der Waals surface area (Å²) in [7, 11) is 2.10. The Labute approximate surface area is 106 Å². The van der Waals surface area contributed by atoms with Crippen LogP contribution in [0.4, 0.5) is 15.8 Å². The molecule has 0 amide bonds. The summed E-state index contributed by atoms with van der Waals surface area (Å²) < 4.78 is 13.3. The Morgan fingerprint density at radius 1 is 1.41 bits per heavy atom. The first-order valence-corrected chi connectivity index (χ1v) is 6.13. The number of rotatable bonds is 2. The number of hydrogen-bond acceptors (Lipinski definition) is 3. The summed E-state index contributed by atoms with van der Waals surface area (Å²) in [6.07, 6.45) is 2.08. The van der Waals surface area contributed by atoms with Gasteiger partial charge in [-0.1, -0.05) is 11.6 Å². The summed E-state index contributed by atoms with van der Waals surface area (Å²) in [4.78, 5) is 2.28. The molecule has 5 heteroatoms. The number of hydrogen-bond donors (Lipinski definition) is 2. The van der Waals surface area contributed by atoms with Crippen molar-refractivity contribution in [2.45, 2.75) is 18.9 Å². The van der Waals surface area contributed by atoms with Gasteiger partial charge in [0.25, 0.3) is 0 Å². The van der Waals surface area contributed by atoms with Crippen LogP contribution in [0.15, 0.2) is 12.1 Å². The molecule has 0 radical (unpaired) electrons. The van der Waals surface area contributed by atoms with Gasteiger partial charge < -0.3 is 16.0 Å². The zero-order chi connectivity index (χ0) is 12.4. The first kappa shape index (κ1) is 12.5. The number of halogens is 2. The number of piperidine rings is 1. The molecule has 1 fully saturated rings. The summed E-state index contributed by atoms with van der Waals surface area (Å²) >= 11 is 5.66. The van der Waals surface area contributed by atoms with Crippen LogP contribution in [0.25, 0.3) is 0 Å². The standard InChI is InChI=1S/C12H17ClFN3/c1-17-4-2-8(3-5-17)16-12-7-10(14)9(13)6-11(12)15/h6-8,16H,2-5,15H2,1H3. The molecule has 0 aromatic heterocycles. The van der Waals surface area contributed by atoms with Gasteiger partial charge in [0.1, 0.15) is 5.82 Å². The van der Waals surface area contributed by atoms with Gasteiger partial charge in [-0.3, -0.25) is 0 Å². The van der Waals surface area contributed by atoms with Crippen molar-refractivity contribution >= 4 is 23.0 Å². The van der Waals surface area contributed by atoms with E-state index in [0.29, 0.717) is 17.4 Å². The van der Waals surface area contributed by atoms with Crippen LogP contribution in [0.1, 0.15) is 12.8 Å². The predicted octanol–water partition coefficient (Wildman–Crippen LogP) is 2.57. The Balaban J connectivity index is 2.06. The molecule has 0 spiro atoms. The first-order chi connectivity index (χ1) is 8.06. The molecule has 2 rings (SSSR count). The van der Waals surface area contributed by atoms with Gasteiger partial charge in [-0.15, -0.1) is 0 Å². The highest BCUT2D eigenvalue weighted by atomic mass is 35.5. The second kappa shape index (κ2) is 5.10. The third-order valence-electron chi connectivity index (χ3n) is 3.17. The van der Waals surface area contributed by atoms with Gasteiger partial charge >= 0.3 is 0 Å². The van der Waals surface area contributed by atoms with Gasteiger partial charge in [0.05, 0.1) is 16.4 Å². The van der Waals surface area contributed by atoms with E-state index in [1.54, 1.807) is 0 Å². The fourth-order valence-electron chi connectivity index (χ4n) is 2.06. The summed E-state index contributed by atoms with van der Waals surface area (Å²) in [5.41, 5.74) is 6.95.